The van der Waals surface area contributed by atoms with Crippen molar-refractivity contribution in [2.45, 2.75) is 13.8 Å². The van der Waals surface area contributed by atoms with Gasteiger partial charge in [-0.3, -0.25) is 0 Å². The van der Waals surface area contributed by atoms with E-state index < -0.39 is 0 Å². The summed E-state index contributed by atoms with van der Waals surface area (Å²) >= 11 is 3.42. The molecule has 92 valence electrons. The third-order valence-electron chi connectivity index (χ3n) is 2.22. The maximum absolute atomic E-state index is 11.1. The number of carbonyl (C=O) groups is 1. The van der Waals surface area contributed by atoms with E-state index in [0.29, 0.717) is 12.2 Å². The first-order valence-electron chi connectivity index (χ1n) is 5.18. The van der Waals surface area contributed by atoms with E-state index in [1.807, 2.05) is 25.1 Å². The molecule has 0 radical (unpaired) electrons. The van der Waals surface area contributed by atoms with Crippen LogP contribution in [0.2, 0.25) is 0 Å². The van der Waals surface area contributed by atoms with Crippen molar-refractivity contribution in [2.75, 3.05) is 13.7 Å². The van der Waals surface area contributed by atoms with Crippen LogP contribution in [0, 0.1) is 6.92 Å². The number of methoxy groups -OCH3 is 1. The lowest BCUT2D eigenvalue weighted by molar-refractivity contribution is -0.136. The standard InChI is InChI=1S/C13H15BrO3/c1-9-4-5-12(11(14)8-9)17-7-6-10(2)13(15)16-3/h4-6,8H,7H2,1-3H3. The van der Waals surface area contributed by atoms with Crippen LogP contribution < -0.4 is 4.74 Å². The predicted octanol–water partition coefficient (Wildman–Crippen LogP) is 3.26. The second-order valence-corrected chi connectivity index (χ2v) is 4.48. The van der Waals surface area contributed by atoms with Crippen molar-refractivity contribution in [3.63, 3.8) is 0 Å². The van der Waals surface area contributed by atoms with Gasteiger partial charge in [0.25, 0.3) is 0 Å². The van der Waals surface area contributed by atoms with Crippen LogP contribution in [0.25, 0.3) is 0 Å². The van der Waals surface area contributed by atoms with Crippen molar-refractivity contribution in [2.24, 2.45) is 0 Å². The normalized spacial score (nSPS) is 11.2. The highest BCUT2D eigenvalue weighted by atomic mass is 79.9. The average Bonchev–Trinajstić information content (AvgIpc) is 2.30. The van der Waals surface area contributed by atoms with Crippen LogP contribution in [0.5, 0.6) is 5.75 Å². The molecule has 0 amide bonds. The molecule has 0 N–H and O–H groups in total. The third-order valence-corrected chi connectivity index (χ3v) is 2.84. The SMILES string of the molecule is COC(=O)C(C)=CCOc1ccc(C)cc1Br. The van der Waals surface area contributed by atoms with Gasteiger partial charge in [-0.05, 0) is 53.5 Å². The minimum atomic E-state index is -0.337. The number of rotatable bonds is 4. The first-order chi connectivity index (χ1) is 8.04. The summed E-state index contributed by atoms with van der Waals surface area (Å²) < 4.78 is 11.0. The number of carbonyl (C=O) groups excluding carboxylic acids is 1. The Hall–Kier alpha value is -1.29. The molecule has 1 aromatic rings. The Morgan fingerprint density at radius 3 is 2.76 bits per heavy atom. The minimum absolute atomic E-state index is 0.336. The van der Waals surface area contributed by atoms with Gasteiger partial charge in [-0.2, -0.15) is 0 Å². The van der Waals surface area contributed by atoms with Crippen LogP contribution in [-0.2, 0) is 9.53 Å². The zero-order valence-electron chi connectivity index (χ0n) is 10.1. The number of esters is 1. The number of aryl methyl sites for hydroxylation is 1. The third kappa shape index (κ3) is 4.23. The molecule has 1 rings (SSSR count). The van der Waals surface area contributed by atoms with E-state index in [9.17, 15) is 4.79 Å². The summed E-state index contributed by atoms with van der Waals surface area (Å²) in [6, 6.07) is 5.84. The Bertz CT molecular complexity index is 438. The molecule has 0 saturated carbocycles. The summed E-state index contributed by atoms with van der Waals surface area (Å²) in [5, 5.41) is 0. The van der Waals surface area contributed by atoms with Crippen molar-refractivity contribution >= 4 is 21.9 Å². The molecule has 4 heteroatoms. The molecule has 0 fully saturated rings. The maximum atomic E-state index is 11.1. The zero-order chi connectivity index (χ0) is 12.8. The zero-order valence-corrected chi connectivity index (χ0v) is 11.7. The lowest BCUT2D eigenvalue weighted by Gasteiger charge is -2.07. The van der Waals surface area contributed by atoms with Gasteiger partial charge < -0.3 is 9.47 Å². The quantitative estimate of drug-likeness (QED) is 0.632. The summed E-state index contributed by atoms with van der Waals surface area (Å²) in [5.74, 6) is 0.418. The Balaban J connectivity index is 2.59. The Kier molecular flexibility index (Phi) is 5.22. The molecule has 0 atom stereocenters. The van der Waals surface area contributed by atoms with Crippen LogP contribution in [-0.4, -0.2) is 19.7 Å². The predicted molar refractivity (Wildman–Crippen MR) is 70.1 cm³/mol. The molecule has 0 heterocycles. The summed E-state index contributed by atoms with van der Waals surface area (Å²) in [5.41, 5.74) is 1.70. The molecule has 0 spiro atoms. The second-order valence-electron chi connectivity index (χ2n) is 3.62. The largest absolute Gasteiger partial charge is 0.488 e. The Morgan fingerprint density at radius 1 is 1.47 bits per heavy atom. The fourth-order valence-corrected chi connectivity index (χ4v) is 1.83. The molecule has 0 aliphatic carbocycles. The molecule has 0 aliphatic heterocycles. The van der Waals surface area contributed by atoms with Crippen LogP contribution in [0.3, 0.4) is 0 Å². The molecule has 0 aromatic heterocycles. The first-order valence-corrected chi connectivity index (χ1v) is 5.98. The van der Waals surface area contributed by atoms with Crippen molar-refractivity contribution in [1.82, 2.24) is 0 Å². The molecule has 17 heavy (non-hydrogen) atoms. The van der Waals surface area contributed by atoms with Gasteiger partial charge in [0, 0.05) is 5.57 Å². The van der Waals surface area contributed by atoms with Gasteiger partial charge in [0.2, 0.25) is 0 Å². The number of hydrogen-bond acceptors (Lipinski definition) is 3. The number of ether oxygens (including phenoxy) is 2. The highest BCUT2D eigenvalue weighted by molar-refractivity contribution is 9.10. The van der Waals surface area contributed by atoms with Crippen LogP contribution >= 0.6 is 15.9 Å². The number of hydrogen-bond donors (Lipinski definition) is 0. The van der Waals surface area contributed by atoms with Crippen molar-refractivity contribution in [3.05, 3.63) is 39.9 Å². The molecule has 0 unspecified atom stereocenters. The summed E-state index contributed by atoms with van der Waals surface area (Å²) in [7, 11) is 1.36. The lowest BCUT2D eigenvalue weighted by atomic mass is 10.2. The average molecular weight is 299 g/mol. The summed E-state index contributed by atoms with van der Waals surface area (Å²) in [4.78, 5) is 11.1. The van der Waals surface area contributed by atoms with Crippen LogP contribution in [0.4, 0.5) is 0 Å². The number of benzene rings is 1. The fourth-order valence-electron chi connectivity index (χ4n) is 1.22. The van der Waals surface area contributed by atoms with E-state index in [-0.39, 0.29) is 5.97 Å². The van der Waals surface area contributed by atoms with Crippen LogP contribution in [0.1, 0.15) is 12.5 Å². The van der Waals surface area contributed by atoms with E-state index in [4.69, 9.17) is 4.74 Å². The molecular weight excluding hydrogens is 284 g/mol. The summed E-state index contributed by atoms with van der Waals surface area (Å²) in [6.45, 7) is 4.04. The van der Waals surface area contributed by atoms with Gasteiger partial charge in [-0.15, -0.1) is 0 Å². The van der Waals surface area contributed by atoms with Gasteiger partial charge in [-0.25, -0.2) is 4.79 Å². The topological polar surface area (TPSA) is 35.5 Å². The van der Waals surface area contributed by atoms with E-state index >= 15 is 0 Å². The van der Waals surface area contributed by atoms with Gasteiger partial charge in [0.05, 0.1) is 11.6 Å². The highest BCUT2D eigenvalue weighted by Gasteiger charge is 2.03. The monoisotopic (exact) mass is 298 g/mol. The first kappa shape index (κ1) is 13.8. The van der Waals surface area contributed by atoms with E-state index in [1.54, 1.807) is 13.0 Å². The van der Waals surface area contributed by atoms with Gasteiger partial charge in [0.15, 0.2) is 0 Å². The molecule has 0 bridgehead atoms. The fraction of sp³-hybridized carbons (Fsp3) is 0.308. The van der Waals surface area contributed by atoms with E-state index in [2.05, 4.69) is 20.7 Å². The Morgan fingerprint density at radius 2 is 2.18 bits per heavy atom. The molecule has 1 aromatic carbocycles. The smallest absolute Gasteiger partial charge is 0.333 e. The molecule has 0 aliphatic rings. The highest BCUT2D eigenvalue weighted by Crippen LogP contribution is 2.25. The van der Waals surface area contributed by atoms with Crippen molar-refractivity contribution < 1.29 is 14.3 Å². The second kappa shape index (κ2) is 6.45. The van der Waals surface area contributed by atoms with Gasteiger partial charge in [-0.1, -0.05) is 6.07 Å². The van der Waals surface area contributed by atoms with Gasteiger partial charge >= 0.3 is 5.97 Å². The van der Waals surface area contributed by atoms with Gasteiger partial charge in [0.1, 0.15) is 12.4 Å². The molecular formula is C13H15BrO3. The number of halogens is 1. The minimum Gasteiger partial charge on any atom is -0.488 e. The van der Waals surface area contributed by atoms with Crippen LogP contribution in [0.15, 0.2) is 34.3 Å². The summed E-state index contributed by atoms with van der Waals surface area (Å²) in [6.07, 6.45) is 1.69. The Labute approximate surface area is 110 Å². The molecule has 0 saturated heterocycles. The van der Waals surface area contributed by atoms with E-state index in [0.717, 1.165) is 15.8 Å². The van der Waals surface area contributed by atoms with Crippen molar-refractivity contribution in [1.29, 1.82) is 0 Å². The maximum Gasteiger partial charge on any atom is 0.333 e. The van der Waals surface area contributed by atoms with E-state index in [1.165, 1.54) is 7.11 Å². The van der Waals surface area contributed by atoms with Crippen molar-refractivity contribution in [3.8, 4) is 5.75 Å². The molecule has 3 nitrogen and oxygen atoms in total. The lowest BCUT2D eigenvalue weighted by Crippen LogP contribution is -2.04.